The predicted octanol–water partition coefficient (Wildman–Crippen LogP) is 3.14. The first-order valence-corrected chi connectivity index (χ1v) is 7.98. The maximum atomic E-state index is 11.9. The first kappa shape index (κ1) is 18.6. The molecule has 1 aromatic carbocycles. The number of aromatic hydroxyl groups is 1. The van der Waals surface area contributed by atoms with Crippen molar-refractivity contribution >= 4 is 5.97 Å². The minimum absolute atomic E-state index is 0.0376. The van der Waals surface area contributed by atoms with Crippen molar-refractivity contribution in [2.75, 3.05) is 7.11 Å². The molecule has 6 heteroatoms. The second-order valence-corrected chi connectivity index (χ2v) is 6.00. The summed E-state index contributed by atoms with van der Waals surface area (Å²) in [7, 11) is 1.28. The zero-order chi connectivity index (χ0) is 18.6. The number of carbonyl (C=O) groups excluding carboxylic acids is 1. The number of esters is 1. The summed E-state index contributed by atoms with van der Waals surface area (Å²) >= 11 is 0. The standard InChI is InChI=1S/C19H22O6/c1-11(2)24-14-7-5-13(6-8-14)15(10-17(21)23-4)19-18(22)16(20)9-12(3)25-19/h5-9,11,15,22H,10H2,1-4H3/t15-/m0/s1. The van der Waals surface area contributed by atoms with Crippen LogP contribution in [0.15, 0.2) is 39.5 Å². The van der Waals surface area contributed by atoms with Crippen LogP contribution in [-0.2, 0) is 9.53 Å². The van der Waals surface area contributed by atoms with Gasteiger partial charge in [0.2, 0.25) is 11.2 Å². The lowest BCUT2D eigenvalue weighted by atomic mass is 9.92. The van der Waals surface area contributed by atoms with Gasteiger partial charge in [-0.3, -0.25) is 9.59 Å². The number of rotatable bonds is 6. The van der Waals surface area contributed by atoms with Gasteiger partial charge in [0.25, 0.3) is 0 Å². The third kappa shape index (κ3) is 4.62. The Morgan fingerprint density at radius 3 is 2.44 bits per heavy atom. The first-order valence-electron chi connectivity index (χ1n) is 7.98. The van der Waals surface area contributed by atoms with Crippen molar-refractivity contribution in [3.05, 3.63) is 57.6 Å². The van der Waals surface area contributed by atoms with Crippen LogP contribution in [0.5, 0.6) is 11.5 Å². The van der Waals surface area contributed by atoms with Gasteiger partial charge in [0.05, 0.1) is 25.6 Å². The van der Waals surface area contributed by atoms with Crippen molar-refractivity contribution in [3.8, 4) is 11.5 Å². The molecule has 25 heavy (non-hydrogen) atoms. The maximum absolute atomic E-state index is 11.9. The summed E-state index contributed by atoms with van der Waals surface area (Å²) < 4.78 is 15.9. The van der Waals surface area contributed by atoms with E-state index in [2.05, 4.69) is 0 Å². The lowest BCUT2D eigenvalue weighted by Gasteiger charge is -2.18. The van der Waals surface area contributed by atoms with Crippen LogP contribution in [-0.4, -0.2) is 24.3 Å². The van der Waals surface area contributed by atoms with Gasteiger partial charge in [-0.1, -0.05) is 12.1 Å². The highest BCUT2D eigenvalue weighted by Crippen LogP contribution is 2.34. The summed E-state index contributed by atoms with van der Waals surface area (Å²) in [6.07, 6.45) is -0.0311. The van der Waals surface area contributed by atoms with E-state index in [0.717, 1.165) is 0 Å². The average Bonchev–Trinajstić information content (AvgIpc) is 2.56. The van der Waals surface area contributed by atoms with Gasteiger partial charge in [-0.05, 0) is 38.5 Å². The number of methoxy groups -OCH3 is 1. The van der Waals surface area contributed by atoms with Crippen molar-refractivity contribution in [1.82, 2.24) is 0 Å². The molecular weight excluding hydrogens is 324 g/mol. The van der Waals surface area contributed by atoms with E-state index in [4.69, 9.17) is 13.9 Å². The van der Waals surface area contributed by atoms with E-state index in [1.165, 1.54) is 13.2 Å². The van der Waals surface area contributed by atoms with Gasteiger partial charge in [-0.15, -0.1) is 0 Å². The van der Waals surface area contributed by atoms with Crippen LogP contribution in [0.2, 0.25) is 0 Å². The van der Waals surface area contributed by atoms with Gasteiger partial charge in [0.15, 0.2) is 5.76 Å². The second kappa shape index (κ2) is 7.88. The molecule has 0 spiro atoms. The smallest absolute Gasteiger partial charge is 0.306 e. The molecule has 0 amide bonds. The number of carbonyl (C=O) groups is 1. The molecule has 0 aliphatic carbocycles. The molecule has 0 fully saturated rings. The Labute approximate surface area is 146 Å². The number of aryl methyl sites for hydroxylation is 1. The molecule has 0 aliphatic heterocycles. The summed E-state index contributed by atoms with van der Waals surface area (Å²) in [6.45, 7) is 5.46. The Hall–Kier alpha value is -2.76. The van der Waals surface area contributed by atoms with Gasteiger partial charge in [-0.2, -0.15) is 0 Å². The molecule has 2 aromatic rings. The van der Waals surface area contributed by atoms with Crippen molar-refractivity contribution in [2.24, 2.45) is 0 Å². The Morgan fingerprint density at radius 2 is 1.88 bits per heavy atom. The van der Waals surface area contributed by atoms with Crippen LogP contribution >= 0.6 is 0 Å². The minimum Gasteiger partial charge on any atom is -0.502 e. The highest BCUT2D eigenvalue weighted by Gasteiger charge is 2.26. The highest BCUT2D eigenvalue weighted by molar-refractivity contribution is 5.71. The van der Waals surface area contributed by atoms with Gasteiger partial charge in [-0.25, -0.2) is 0 Å². The minimum atomic E-state index is -0.645. The topological polar surface area (TPSA) is 86.0 Å². The Kier molecular flexibility index (Phi) is 5.85. The lowest BCUT2D eigenvalue weighted by Crippen LogP contribution is -2.13. The molecule has 1 heterocycles. The van der Waals surface area contributed by atoms with Crippen molar-refractivity contribution in [1.29, 1.82) is 0 Å². The maximum Gasteiger partial charge on any atom is 0.306 e. The summed E-state index contributed by atoms with van der Waals surface area (Å²) in [5.74, 6) is -0.530. The molecule has 0 unspecified atom stereocenters. The third-order valence-electron chi connectivity index (χ3n) is 3.64. The molecule has 2 rings (SSSR count). The van der Waals surface area contributed by atoms with Gasteiger partial charge >= 0.3 is 5.97 Å². The van der Waals surface area contributed by atoms with Gasteiger partial charge < -0.3 is 19.0 Å². The highest BCUT2D eigenvalue weighted by atomic mass is 16.5. The van der Waals surface area contributed by atoms with Gasteiger partial charge in [0.1, 0.15) is 11.5 Å². The van der Waals surface area contributed by atoms with Crippen LogP contribution in [0.25, 0.3) is 0 Å². The average molecular weight is 346 g/mol. The van der Waals surface area contributed by atoms with Crippen LogP contribution in [0.3, 0.4) is 0 Å². The summed E-state index contributed by atoms with van der Waals surface area (Å²) in [5, 5.41) is 10.1. The van der Waals surface area contributed by atoms with E-state index >= 15 is 0 Å². The number of hydrogen-bond acceptors (Lipinski definition) is 6. The third-order valence-corrected chi connectivity index (χ3v) is 3.64. The Balaban J connectivity index is 2.46. The fourth-order valence-electron chi connectivity index (χ4n) is 2.52. The summed E-state index contributed by atoms with van der Waals surface area (Å²) in [6, 6.07) is 8.28. The second-order valence-electron chi connectivity index (χ2n) is 6.00. The van der Waals surface area contributed by atoms with Crippen molar-refractivity contribution < 1.29 is 23.8 Å². The van der Waals surface area contributed by atoms with Crippen LogP contribution in [0, 0.1) is 6.92 Å². The number of ether oxygens (including phenoxy) is 2. The predicted molar refractivity (Wildman–Crippen MR) is 92.1 cm³/mol. The molecular formula is C19H22O6. The van der Waals surface area contributed by atoms with Crippen LogP contribution in [0.1, 0.15) is 43.3 Å². The molecule has 0 radical (unpaired) electrons. The normalized spacial score (nSPS) is 12.0. The van der Waals surface area contributed by atoms with Crippen LogP contribution in [0.4, 0.5) is 0 Å². The molecule has 0 saturated carbocycles. The monoisotopic (exact) mass is 346 g/mol. The molecule has 0 saturated heterocycles. The van der Waals surface area contributed by atoms with Crippen molar-refractivity contribution in [3.63, 3.8) is 0 Å². The van der Waals surface area contributed by atoms with Gasteiger partial charge in [0, 0.05) is 6.07 Å². The fourth-order valence-corrected chi connectivity index (χ4v) is 2.52. The molecule has 1 aromatic heterocycles. The SMILES string of the molecule is COC(=O)C[C@@H](c1ccc(OC(C)C)cc1)c1oc(C)cc(=O)c1O. The van der Waals surface area contributed by atoms with E-state index in [9.17, 15) is 14.7 Å². The van der Waals surface area contributed by atoms with E-state index in [0.29, 0.717) is 17.1 Å². The molecule has 1 N–H and O–H groups in total. The van der Waals surface area contributed by atoms with Crippen LogP contribution < -0.4 is 10.2 Å². The zero-order valence-electron chi connectivity index (χ0n) is 14.7. The molecule has 0 aliphatic rings. The molecule has 0 bridgehead atoms. The zero-order valence-corrected chi connectivity index (χ0v) is 14.7. The van der Waals surface area contributed by atoms with E-state index in [1.807, 2.05) is 13.8 Å². The summed E-state index contributed by atoms with van der Waals surface area (Å²) in [4.78, 5) is 23.7. The Morgan fingerprint density at radius 1 is 1.24 bits per heavy atom. The van der Waals surface area contributed by atoms with E-state index < -0.39 is 23.1 Å². The Bertz CT molecular complexity index is 789. The van der Waals surface area contributed by atoms with Crippen molar-refractivity contribution in [2.45, 2.75) is 39.2 Å². The first-order chi connectivity index (χ1) is 11.8. The lowest BCUT2D eigenvalue weighted by molar-refractivity contribution is -0.140. The number of hydrogen-bond donors (Lipinski definition) is 1. The fraction of sp³-hybridized carbons (Fsp3) is 0.368. The molecule has 1 atom stereocenters. The number of benzene rings is 1. The largest absolute Gasteiger partial charge is 0.502 e. The van der Waals surface area contributed by atoms with E-state index in [1.54, 1.807) is 31.2 Å². The molecule has 134 valence electrons. The molecule has 6 nitrogen and oxygen atoms in total. The summed E-state index contributed by atoms with van der Waals surface area (Å²) in [5.41, 5.74) is 0.152. The quantitative estimate of drug-likeness (QED) is 0.809. The van der Waals surface area contributed by atoms with E-state index in [-0.39, 0.29) is 18.3 Å².